The lowest BCUT2D eigenvalue weighted by Gasteiger charge is -2.29. The summed E-state index contributed by atoms with van der Waals surface area (Å²) in [7, 11) is 0. The van der Waals surface area contributed by atoms with E-state index >= 15 is 0 Å². The van der Waals surface area contributed by atoms with Crippen LogP contribution in [0.2, 0.25) is 0 Å². The third kappa shape index (κ3) is 4.05. The summed E-state index contributed by atoms with van der Waals surface area (Å²) in [5.74, 6) is 0.375. The molecule has 1 aliphatic rings. The van der Waals surface area contributed by atoms with Gasteiger partial charge in [0.05, 0.1) is 5.69 Å². The van der Waals surface area contributed by atoms with Crippen LogP contribution in [-0.2, 0) is 6.54 Å². The van der Waals surface area contributed by atoms with Crippen LogP contribution in [0.5, 0.6) is 0 Å². The van der Waals surface area contributed by atoms with Crippen molar-refractivity contribution < 1.29 is 4.79 Å². The Morgan fingerprint density at radius 3 is 3.00 bits per heavy atom. The van der Waals surface area contributed by atoms with Crippen LogP contribution in [0.25, 0.3) is 0 Å². The first kappa shape index (κ1) is 15.9. The molecule has 6 nitrogen and oxygen atoms in total. The average molecular weight is 332 g/mol. The molecule has 3 heterocycles. The highest BCUT2D eigenvalue weighted by Crippen LogP contribution is 2.21. The molecule has 3 rings (SSSR count). The minimum atomic E-state index is -0.431. The quantitative estimate of drug-likeness (QED) is 0.901. The zero-order chi connectivity index (χ0) is 16.2. The topological polar surface area (TPSA) is 78.1 Å². The van der Waals surface area contributed by atoms with Crippen molar-refractivity contribution in [3.8, 4) is 0 Å². The van der Waals surface area contributed by atoms with E-state index in [4.69, 9.17) is 0 Å². The minimum absolute atomic E-state index is 0.0919. The molecule has 2 aromatic rings. The Bertz CT molecular complexity index is 731. The number of anilines is 1. The van der Waals surface area contributed by atoms with Crippen molar-refractivity contribution in [2.75, 3.05) is 18.4 Å². The number of likely N-dealkylation sites (tertiary alicyclic amines) is 1. The molecule has 23 heavy (non-hydrogen) atoms. The summed E-state index contributed by atoms with van der Waals surface area (Å²) in [6.45, 7) is 5.30. The van der Waals surface area contributed by atoms with Gasteiger partial charge < -0.3 is 4.98 Å². The van der Waals surface area contributed by atoms with Gasteiger partial charge in [-0.2, -0.15) is 0 Å². The molecular weight excluding hydrogens is 312 g/mol. The number of piperidine rings is 1. The van der Waals surface area contributed by atoms with Gasteiger partial charge in [0.2, 0.25) is 0 Å². The average Bonchev–Trinajstić information content (AvgIpc) is 2.97. The van der Waals surface area contributed by atoms with Gasteiger partial charge in [0.1, 0.15) is 5.56 Å². The Labute approximate surface area is 138 Å². The van der Waals surface area contributed by atoms with Crippen molar-refractivity contribution >= 4 is 22.4 Å². The molecule has 0 atom stereocenters. The normalized spacial score (nSPS) is 16.4. The highest BCUT2D eigenvalue weighted by Gasteiger charge is 2.17. The molecule has 0 aromatic carbocycles. The van der Waals surface area contributed by atoms with Crippen molar-refractivity contribution in [2.24, 2.45) is 5.92 Å². The van der Waals surface area contributed by atoms with E-state index in [1.807, 2.05) is 5.38 Å². The lowest BCUT2D eigenvalue weighted by Crippen LogP contribution is -2.32. The Kier molecular flexibility index (Phi) is 4.88. The molecule has 0 spiro atoms. The summed E-state index contributed by atoms with van der Waals surface area (Å²) in [6, 6.07) is 3.12. The Hall–Kier alpha value is -1.99. The predicted molar refractivity (Wildman–Crippen MR) is 90.8 cm³/mol. The lowest BCUT2D eigenvalue weighted by molar-refractivity contribution is 0.102. The number of amides is 1. The van der Waals surface area contributed by atoms with E-state index in [-0.39, 0.29) is 5.56 Å². The summed E-state index contributed by atoms with van der Waals surface area (Å²) in [5, 5.41) is 5.18. The summed E-state index contributed by atoms with van der Waals surface area (Å²) in [4.78, 5) is 33.0. The Balaban J connectivity index is 1.60. The van der Waals surface area contributed by atoms with Crippen LogP contribution in [0.15, 0.2) is 28.5 Å². The molecule has 0 saturated carbocycles. The van der Waals surface area contributed by atoms with Gasteiger partial charge in [-0.15, -0.1) is 11.3 Å². The predicted octanol–water partition coefficient (Wildman–Crippen LogP) is 2.32. The van der Waals surface area contributed by atoms with E-state index in [2.05, 4.69) is 27.1 Å². The second-order valence-electron chi connectivity index (χ2n) is 5.97. The standard InChI is InChI=1S/C16H20N4O2S/c1-11-4-7-20(8-5-11)9-12-10-23-16(18-12)19-15(22)13-3-2-6-17-14(13)21/h2-3,6,10-11H,4-5,7-9H2,1H3,(H,17,21)(H,18,19,22). The Morgan fingerprint density at radius 2 is 2.26 bits per heavy atom. The number of aromatic nitrogens is 2. The highest BCUT2D eigenvalue weighted by molar-refractivity contribution is 7.13. The van der Waals surface area contributed by atoms with Crippen LogP contribution in [0, 0.1) is 5.92 Å². The van der Waals surface area contributed by atoms with E-state index in [0.717, 1.165) is 31.2 Å². The van der Waals surface area contributed by atoms with Gasteiger partial charge in [-0.25, -0.2) is 4.98 Å². The van der Waals surface area contributed by atoms with E-state index in [1.54, 1.807) is 6.07 Å². The lowest BCUT2D eigenvalue weighted by atomic mass is 9.99. The van der Waals surface area contributed by atoms with E-state index in [1.165, 1.54) is 36.4 Å². The fourth-order valence-electron chi connectivity index (χ4n) is 2.65. The van der Waals surface area contributed by atoms with Gasteiger partial charge in [-0.1, -0.05) is 6.92 Å². The number of rotatable bonds is 4. The summed E-state index contributed by atoms with van der Waals surface area (Å²) in [5.41, 5.74) is 0.653. The number of nitrogens with zero attached hydrogens (tertiary/aromatic N) is 2. The van der Waals surface area contributed by atoms with Gasteiger partial charge >= 0.3 is 0 Å². The fourth-order valence-corrected chi connectivity index (χ4v) is 3.35. The first-order valence-electron chi connectivity index (χ1n) is 7.77. The van der Waals surface area contributed by atoms with E-state index in [0.29, 0.717) is 5.13 Å². The van der Waals surface area contributed by atoms with Crippen LogP contribution in [0.1, 0.15) is 35.8 Å². The molecule has 1 amide bonds. The third-order valence-electron chi connectivity index (χ3n) is 4.10. The molecule has 0 aliphatic carbocycles. The zero-order valence-corrected chi connectivity index (χ0v) is 13.9. The highest BCUT2D eigenvalue weighted by atomic mass is 32.1. The first-order chi connectivity index (χ1) is 11.1. The molecular formula is C16H20N4O2S. The molecule has 7 heteroatoms. The van der Waals surface area contributed by atoms with Crippen molar-refractivity contribution in [3.63, 3.8) is 0 Å². The smallest absolute Gasteiger partial charge is 0.263 e. The van der Waals surface area contributed by atoms with E-state index in [9.17, 15) is 9.59 Å². The summed E-state index contributed by atoms with van der Waals surface area (Å²) in [6.07, 6.45) is 3.95. The van der Waals surface area contributed by atoms with Crippen molar-refractivity contribution in [2.45, 2.75) is 26.3 Å². The fraction of sp³-hybridized carbons (Fsp3) is 0.438. The SMILES string of the molecule is CC1CCN(Cc2csc(NC(=O)c3ccc[nH]c3=O)n2)CC1. The Morgan fingerprint density at radius 1 is 1.48 bits per heavy atom. The maximum Gasteiger partial charge on any atom is 0.263 e. The number of hydrogen-bond acceptors (Lipinski definition) is 5. The number of carbonyl (C=O) groups is 1. The van der Waals surface area contributed by atoms with Gasteiger partial charge in [-0.05, 0) is 44.0 Å². The number of hydrogen-bond donors (Lipinski definition) is 2. The maximum atomic E-state index is 12.1. The number of carbonyl (C=O) groups excluding carboxylic acids is 1. The van der Waals surface area contributed by atoms with Crippen LogP contribution in [0.4, 0.5) is 5.13 Å². The number of nitrogens with one attached hydrogen (secondary N) is 2. The zero-order valence-electron chi connectivity index (χ0n) is 13.0. The van der Waals surface area contributed by atoms with Crippen LogP contribution < -0.4 is 10.9 Å². The molecule has 1 fully saturated rings. The van der Waals surface area contributed by atoms with Crippen molar-refractivity contribution in [1.82, 2.24) is 14.9 Å². The number of H-pyrrole nitrogens is 1. The van der Waals surface area contributed by atoms with Gasteiger partial charge in [-0.3, -0.25) is 19.8 Å². The first-order valence-corrected chi connectivity index (χ1v) is 8.65. The molecule has 2 N–H and O–H groups in total. The molecule has 0 bridgehead atoms. The van der Waals surface area contributed by atoms with Crippen molar-refractivity contribution in [3.05, 3.63) is 45.3 Å². The van der Waals surface area contributed by atoms with Gasteiger partial charge in [0.25, 0.3) is 11.5 Å². The number of thiazole rings is 1. The molecule has 1 aliphatic heterocycles. The second-order valence-corrected chi connectivity index (χ2v) is 6.83. The number of pyridine rings is 1. The van der Waals surface area contributed by atoms with Crippen LogP contribution >= 0.6 is 11.3 Å². The largest absolute Gasteiger partial charge is 0.328 e. The third-order valence-corrected chi connectivity index (χ3v) is 4.90. The summed E-state index contributed by atoms with van der Waals surface area (Å²) < 4.78 is 0. The van der Waals surface area contributed by atoms with Gasteiger partial charge in [0.15, 0.2) is 5.13 Å². The molecule has 2 aromatic heterocycles. The molecule has 122 valence electrons. The molecule has 0 unspecified atom stereocenters. The van der Waals surface area contributed by atoms with E-state index < -0.39 is 11.5 Å². The van der Waals surface area contributed by atoms with Gasteiger partial charge in [0, 0.05) is 18.1 Å². The second kappa shape index (κ2) is 7.06. The monoisotopic (exact) mass is 332 g/mol. The maximum absolute atomic E-state index is 12.1. The van der Waals surface area contributed by atoms with Crippen LogP contribution in [-0.4, -0.2) is 33.9 Å². The minimum Gasteiger partial charge on any atom is -0.328 e. The van der Waals surface area contributed by atoms with Crippen molar-refractivity contribution in [1.29, 1.82) is 0 Å². The molecule has 0 radical (unpaired) electrons. The number of aromatic amines is 1. The van der Waals surface area contributed by atoms with Crippen LogP contribution in [0.3, 0.4) is 0 Å². The molecule has 1 saturated heterocycles. The summed E-state index contributed by atoms with van der Waals surface area (Å²) >= 11 is 1.39.